The molecule has 0 heterocycles. The monoisotopic (exact) mass is 450 g/mol. The molecular weight excluding hydrogens is 420 g/mol. The summed E-state index contributed by atoms with van der Waals surface area (Å²) >= 11 is 0. The zero-order valence-corrected chi connectivity index (χ0v) is 18.8. The number of amides is 2. The van der Waals surface area contributed by atoms with Crippen molar-refractivity contribution in [2.24, 2.45) is 11.8 Å². The number of ether oxygens (including phenoxy) is 1. The summed E-state index contributed by atoms with van der Waals surface area (Å²) in [7, 11) is 0. The Labute approximate surface area is 193 Å². The summed E-state index contributed by atoms with van der Waals surface area (Å²) in [4.78, 5) is 35.7. The van der Waals surface area contributed by atoms with E-state index in [1.54, 1.807) is 0 Å². The number of rotatable bonds is 10. The van der Waals surface area contributed by atoms with Crippen molar-refractivity contribution >= 4 is 18.0 Å². The van der Waals surface area contributed by atoms with Crippen LogP contribution in [0.4, 0.5) is 4.79 Å². The Morgan fingerprint density at radius 2 is 1.70 bits per heavy atom. The fourth-order valence-electron chi connectivity index (χ4n) is 4.75. The molecule has 174 valence electrons. The van der Waals surface area contributed by atoms with Gasteiger partial charge < -0.3 is 20.5 Å². The smallest absolute Gasteiger partial charge is 0.407 e. The van der Waals surface area contributed by atoms with Crippen LogP contribution in [0, 0.1) is 11.8 Å². The minimum absolute atomic E-state index is 0.00679. The largest absolute Gasteiger partial charge is 0.481 e. The summed E-state index contributed by atoms with van der Waals surface area (Å²) in [5.41, 5.74) is 4.68. The van der Waals surface area contributed by atoms with Gasteiger partial charge in [0, 0.05) is 24.4 Å². The second-order valence-corrected chi connectivity index (χ2v) is 8.90. The molecule has 3 atom stereocenters. The van der Waals surface area contributed by atoms with Gasteiger partial charge in [-0.15, -0.1) is 0 Å². The molecule has 0 bridgehead atoms. The highest BCUT2D eigenvalue weighted by molar-refractivity contribution is 5.82. The molecule has 2 aliphatic rings. The first-order valence-electron chi connectivity index (χ1n) is 11.6. The van der Waals surface area contributed by atoms with Gasteiger partial charge in [-0.2, -0.15) is 0 Å². The molecular formula is C26H30N2O5. The van der Waals surface area contributed by atoms with Gasteiger partial charge in [0.05, 0.1) is 6.42 Å². The molecule has 3 N–H and O–H groups in total. The lowest BCUT2D eigenvalue weighted by Crippen LogP contribution is -2.38. The summed E-state index contributed by atoms with van der Waals surface area (Å²) in [6.45, 7) is 2.58. The van der Waals surface area contributed by atoms with E-state index in [1.165, 1.54) is 11.1 Å². The van der Waals surface area contributed by atoms with Crippen molar-refractivity contribution in [2.45, 2.75) is 44.6 Å². The van der Waals surface area contributed by atoms with E-state index in [4.69, 9.17) is 9.84 Å². The number of carbonyl (C=O) groups is 3. The molecule has 0 spiro atoms. The first kappa shape index (κ1) is 22.8. The van der Waals surface area contributed by atoms with Crippen LogP contribution in [0.1, 0.15) is 49.7 Å². The van der Waals surface area contributed by atoms with Gasteiger partial charge in [0.25, 0.3) is 0 Å². The number of carbonyl (C=O) groups excluding carboxylic acids is 2. The number of carboxylic acids is 1. The number of nitrogens with one attached hydrogen (secondary N) is 2. The van der Waals surface area contributed by atoms with Crippen molar-refractivity contribution in [3.05, 3.63) is 59.7 Å². The maximum Gasteiger partial charge on any atom is 0.407 e. The molecule has 1 saturated carbocycles. The lowest BCUT2D eigenvalue weighted by Gasteiger charge is -2.16. The van der Waals surface area contributed by atoms with E-state index in [2.05, 4.69) is 34.9 Å². The first-order chi connectivity index (χ1) is 16.0. The van der Waals surface area contributed by atoms with Crippen molar-refractivity contribution in [2.75, 3.05) is 13.2 Å². The lowest BCUT2D eigenvalue weighted by molar-refractivity contribution is -0.137. The van der Waals surface area contributed by atoms with Crippen LogP contribution in [0.25, 0.3) is 11.1 Å². The zero-order valence-electron chi connectivity index (χ0n) is 18.8. The van der Waals surface area contributed by atoms with Gasteiger partial charge in [0.1, 0.15) is 6.61 Å². The fraction of sp³-hybridized carbons (Fsp3) is 0.423. The number of hydrogen-bond acceptors (Lipinski definition) is 4. The van der Waals surface area contributed by atoms with Crippen LogP contribution >= 0.6 is 0 Å². The molecule has 0 aromatic heterocycles. The van der Waals surface area contributed by atoms with Crippen LogP contribution in [0.3, 0.4) is 0 Å². The van der Waals surface area contributed by atoms with E-state index in [-0.39, 0.29) is 42.7 Å². The van der Waals surface area contributed by atoms with E-state index >= 15 is 0 Å². The van der Waals surface area contributed by atoms with E-state index in [0.29, 0.717) is 19.4 Å². The summed E-state index contributed by atoms with van der Waals surface area (Å²) in [6.07, 6.45) is 1.55. The van der Waals surface area contributed by atoms with E-state index < -0.39 is 12.1 Å². The van der Waals surface area contributed by atoms with Crippen LogP contribution < -0.4 is 10.6 Å². The van der Waals surface area contributed by atoms with Crippen molar-refractivity contribution in [1.82, 2.24) is 10.6 Å². The molecule has 1 fully saturated rings. The summed E-state index contributed by atoms with van der Waals surface area (Å²) in [5, 5.41) is 14.6. The zero-order chi connectivity index (χ0) is 23.4. The van der Waals surface area contributed by atoms with Gasteiger partial charge in [-0.3, -0.25) is 9.59 Å². The minimum Gasteiger partial charge on any atom is -0.481 e. The summed E-state index contributed by atoms with van der Waals surface area (Å²) < 4.78 is 5.54. The number of fused-ring (bicyclic) bond motifs is 3. The number of carboxylic acid groups (broad SMARTS) is 1. The predicted molar refractivity (Wildman–Crippen MR) is 124 cm³/mol. The Hall–Kier alpha value is -3.35. The highest BCUT2D eigenvalue weighted by Crippen LogP contribution is 2.44. The lowest BCUT2D eigenvalue weighted by atomic mass is 9.98. The van der Waals surface area contributed by atoms with Crippen LogP contribution in [0.15, 0.2) is 48.5 Å². The number of hydrogen-bond donors (Lipinski definition) is 3. The summed E-state index contributed by atoms with van der Waals surface area (Å²) in [5.74, 6) is -1.18. The van der Waals surface area contributed by atoms with Gasteiger partial charge in [0.2, 0.25) is 5.91 Å². The summed E-state index contributed by atoms with van der Waals surface area (Å²) in [6, 6.07) is 16.0. The first-order valence-corrected chi connectivity index (χ1v) is 11.6. The molecule has 2 aromatic rings. The van der Waals surface area contributed by atoms with E-state index in [0.717, 1.165) is 17.5 Å². The highest BCUT2D eigenvalue weighted by Gasteiger charge is 2.43. The van der Waals surface area contributed by atoms with Crippen molar-refractivity contribution in [3.8, 4) is 11.1 Å². The highest BCUT2D eigenvalue weighted by atomic mass is 16.5. The molecule has 7 heteroatoms. The molecule has 0 aliphatic heterocycles. The van der Waals surface area contributed by atoms with Gasteiger partial charge in [-0.1, -0.05) is 61.9 Å². The van der Waals surface area contributed by atoms with Crippen LogP contribution in [0.5, 0.6) is 0 Å². The third kappa shape index (κ3) is 5.35. The van der Waals surface area contributed by atoms with Crippen LogP contribution in [-0.2, 0) is 14.3 Å². The Morgan fingerprint density at radius 1 is 1.06 bits per heavy atom. The Kier molecular flexibility index (Phi) is 6.96. The molecule has 0 saturated heterocycles. The SMILES string of the molecule is CCCC(CC(=O)O)NC(=O)[C@@H]1C[C@@H]1CNC(=O)OCC1c2ccccc2-c2ccccc21. The van der Waals surface area contributed by atoms with Crippen molar-refractivity contribution in [3.63, 3.8) is 0 Å². The van der Waals surface area contributed by atoms with Crippen LogP contribution in [0.2, 0.25) is 0 Å². The average Bonchev–Trinajstić information content (AvgIpc) is 3.51. The predicted octanol–water partition coefficient (Wildman–Crippen LogP) is 3.92. The Balaban J connectivity index is 1.23. The van der Waals surface area contributed by atoms with Crippen molar-refractivity contribution in [1.29, 1.82) is 0 Å². The molecule has 2 aromatic carbocycles. The third-order valence-corrected chi connectivity index (χ3v) is 6.52. The second-order valence-electron chi connectivity index (χ2n) is 8.90. The number of benzene rings is 2. The molecule has 2 aliphatic carbocycles. The third-order valence-electron chi connectivity index (χ3n) is 6.52. The second kappa shape index (κ2) is 10.1. The fourth-order valence-corrected chi connectivity index (χ4v) is 4.75. The maximum atomic E-state index is 12.4. The minimum atomic E-state index is -0.919. The van der Waals surface area contributed by atoms with Gasteiger partial charge in [0.15, 0.2) is 0 Å². The molecule has 2 amide bonds. The average molecular weight is 451 g/mol. The van der Waals surface area contributed by atoms with E-state index in [9.17, 15) is 14.4 Å². The maximum absolute atomic E-state index is 12.4. The van der Waals surface area contributed by atoms with Gasteiger partial charge in [-0.05, 0) is 41.0 Å². The normalized spacial score (nSPS) is 19.2. The Bertz CT molecular complexity index is 991. The van der Waals surface area contributed by atoms with E-state index in [1.807, 2.05) is 31.2 Å². The molecule has 7 nitrogen and oxygen atoms in total. The molecule has 0 radical (unpaired) electrons. The molecule has 4 rings (SSSR count). The van der Waals surface area contributed by atoms with Gasteiger partial charge in [-0.25, -0.2) is 4.79 Å². The van der Waals surface area contributed by atoms with Crippen molar-refractivity contribution < 1.29 is 24.2 Å². The van der Waals surface area contributed by atoms with Gasteiger partial charge >= 0.3 is 12.1 Å². The molecule has 33 heavy (non-hydrogen) atoms. The Morgan fingerprint density at radius 3 is 2.30 bits per heavy atom. The standard InChI is InChI=1S/C26H30N2O5/c1-2-7-17(13-24(29)30)28-25(31)22-12-16(22)14-27-26(32)33-15-23-20-10-5-3-8-18(20)19-9-4-6-11-21(19)23/h3-6,8-11,16-17,22-23H,2,7,12-15H2,1H3,(H,27,32)(H,28,31)(H,29,30)/t16-,17?,22-/m1/s1. The topological polar surface area (TPSA) is 105 Å². The quantitative estimate of drug-likeness (QED) is 0.509. The molecule has 1 unspecified atom stereocenters. The van der Waals surface area contributed by atoms with Crippen LogP contribution in [-0.4, -0.2) is 42.3 Å². The number of alkyl carbamates (subject to hydrolysis) is 1. The number of aliphatic carboxylic acids is 1.